The molecule has 0 heterocycles. The van der Waals surface area contributed by atoms with Gasteiger partial charge >= 0.3 is 0 Å². The van der Waals surface area contributed by atoms with E-state index in [0.29, 0.717) is 6.04 Å². The number of hydrogen-bond donors (Lipinski definition) is 1. The molecule has 0 amide bonds. The van der Waals surface area contributed by atoms with Crippen LogP contribution in [0.2, 0.25) is 0 Å². The minimum atomic E-state index is -0.210. The summed E-state index contributed by atoms with van der Waals surface area (Å²) >= 11 is 0. The molecule has 1 aliphatic carbocycles. The molecule has 106 valence electrons. The van der Waals surface area contributed by atoms with Crippen molar-refractivity contribution < 1.29 is 9.13 Å². The molecule has 1 aliphatic rings. The van der Waals surface area contributed by atoms with Crippen LogP contribution in [0.5, 0.6) is 5.75 Å². The zero-order valence-electron chi connectivity index (χ0n) is 12.2. The van der Waals surface area contributed by atoms with Crippen LogP contribution < -0.4 is 10.1 Å². The number of rotatable bonds is 5. The van der Waals surface area contributed by atoms with E-state index >= 15 is 0 Å². The fraction of sp³-hybridized carbons (Fsp3) is 0.625. The molecule has 1 fully saturated rings. The summed E-state index contributed by atoms with van der Waals surface area (Å²) in [6, 6.07) is 5.36. The summed E-state index contributed by atoms with van der Waals surface area (Å²) in [6.07, 6.45) is 2.44. The number of hydrogen-bond acceptors (Lipinski definition) is 2. The maximum atomic E-state index is 13.4. The minimum absolute atomic E-state index is 0.115. The van der Waals surface area contributed by atoms with Gasteiger partial charge in [0.2, 0.25) is 0 Å². The van der Waals surface area contributed by atoms with Gasteiger partial charge in [-0.3, -0.25) is 0 Å². The first-order chi connectivity index (χ1) is 9.01. The normalized spacial score (nSPS) is 24.1. The van der Waals surface area contributed by atoms with Crippen LogP contribution in [0.1, 0.15) is 45.2 Å². The monoisotopic (exact) mass is 265 g/mol. The molecule has 2 nitrogen and oxygen atoms in total. The summed E-state index contributed by atoms with van der Waals surface area (Å²) in [5.74, 6) is 2.13. The van der Waals surface area contributed by atoms with Gasteiger partial charge in [-0.1, -0.05) is 13.8 Å². The zero-order valence-corrected chi connectivity index (χ0v) is 12.2. The Balaban J connectivity index is 1.97. The van der Waals surface area contributed by atoms with Crippen LogP contribution in [0.3, 0.4) is 0 Å². The SMILES string of the molecule is COc1ccc(F)cc1C(C)NC1CC(C(C)C)C1. The summed E-state index contributed by atoms with van der Waals surface area (Å²) in [4.78, 5) is 0. The maximum absolute atomic E-state index is 13.4. The van der Waals surface area contributed by atoms with Crippen molar-refractivity contribution in [1.29, 1.82) is 0 Å². The van der Waals surface area contributed by atoms with Crippen molar-refractivity contribution in [1.82, 2.24) is 5.32 Å². The van der Waals surface area contributed by atoms with Gasteiger partial charge in [0.15, 0.2) is 0 Å². The lowest BCUT2D eigenvalue weighted by Crippen LogP contribution is -2.44. The summed E-state index contributed by atoms with van der Waals surface area (Å²) < 4.78 is 18.7. The molecule has 0 saturated heterocycles. The van der Waals surface area contributed by atoms with Crippen LogP contribution in [0.15, 0.2) is 18.2 Å². The molecule has 1 atom stereocenters. The smallest absolute Gasteiger partial charge is 0.123 e. The van der Waals surface area contributed by atoms with Crippen molar-refractivity contribution in [3.8, 4) is 5.75 Å². The highest BCUT2D eigenvalue weighted by Gasteiger charge is 2.32. The molecule has 1 aromatic carbocycles. The van der Waals surface area contributed by atoms with Crippen molar-refractivity contribution in [2.45, 2.75) is 45.7 Å². The molecule has 1 saturated carbocycles. The largest absolute Gasteiger partial charge is 0.496 e. The number of methoxy groups -OCH3 is 1. The van der Waals surface area contributed by atoms with E-state index in [1.807, 2.05) is 0 Å². The molecule has 1 unspecified atom stereocenters. The Hall–Kier alpha value is -1.09. The molecule has 19 heavy (non-hydrogen) atoms. The first-order valence-electron chi connectivity index (χ1n) is 7.10. The van der Waals surface area contributed by atoms with Crippen LogP contribution >= 0.6 is 0 Å². The van der Waals surface area contributed by atoms with E-state index in [4.69, 9.17) is 4.74 Å². The van der Waals surface area contributed by atoms with Gasteiger partial charge in [0.05, 0.1) is 7.11 Å². The Morgan fingerprint density at radius 3 is 2.53 bits per heavy atom. The fourth-order valence-corrected chi connectivity index (χ4v) is 2.83. The van der Waals surface area contributed by atoms with E-state index in [-0.39, 0.29) is 11.9 Å². The van der Waals surface area contributed by atoms with Crippen molar-refractivity contribution in [3.63, 3.8) is 0 Å². The third-order valence-corrected chi connectivity index (χ3v) is 4.26. The van der Waals surface area contributed by atoms with E-state index in [9.17, 15) is 4.39 Å². The van der Waals surface area contributed by atoms with E-state index in [2.05, 4.69) is 26.1 Å². The van der Waals surface area contributed by atoms with Crippen molar-refractivity contribution in [2.75, 3.05) is 7.11 Å². The van der Waals surface area contributed by atoms with Gasteiger partial charge in [0, 0.05) is 17.6 Å². The third-order valence-electron chi connectivity index (χ3n) is 4.26. The van der Waals surface area contributed by atoms with Crippen LogP contribution in [0.4, 0.5) is 4.39 Å². The Morgan fingerprint density at radius 1 is 1.26 bits per heavy atom. The van der Waals surface area contributed by atoms with Gasteiger partial charge in [-0.05, 0) is 49.8 Å². The second kappa shape index (κ2) is 5.91. The number of halogens is 1. The molecular formula is C16H24FNO. The van der Waals surface area contributed by atoms with E-state index in [1.54, 1.807) is 19.2 Å². The molecular weight excluding hydrogens is 241 g/mol. The minimum Gasteiger partial charge on any atom is -0.496 e. The Bertz CT molecular complexity index is 427. The van der Waals surface area contributed by atoms with Gasteiger partial charge in [-0.25, -0.2) is 4.39 Å². The molecule has 0 aromatic heterocycles. The molecule has 3 heteroatoms. The Morgan fingerprint density at radius 2 is 1.95 bits per heavy atom. The highest BCUT2D eigenvalue weighted by molar-refractivity contribution is 5.36. The number of ether oxygens (including phenoxy) is 1. The molecule has 2 rings (SSSR count). The lowest BCUT2D eigenvalue weighted by Gasteiger charge is -2.40. The number of nitrogens with one attached hydrogen (secondary N) is 1. The topological polar surface area (TPSA) is 21.3 Å². The molecule has 0 bridgehead atoms. The van der Waals surface area contributed by atoms with E-state index < -0.39 is 0 Å². The average Bonchev–Trinajstić information content (AvgIpc) is 2.32. The van der Waals surface area contributed by atoms with Gasteiger partial charge in [-0.2, -0.15) is 0 Å². The van der Waals surface area contributed by atoms with Crippen LogP contribution in [-0.4, -0.2) is 13.2 Å². The zero-order chi connectivity index (χ0) is 14.0. The third kappa shape index (κ3) is 3.27. The van der Waals surface area contributed by atoms with Crippen LogP contribution in [0, 0.1) is 17.7 Å². The van der Waals surface area contributed by atoms with E-state index in [1.165, 1.54) is 18.9 Å². The molecule has 0 spiro atoms. The van der Waals surface area contributed by atoms with Crippen LogP contribution in [-0.2, 0) is 0 Å². The molecule has 1 aromatic rings. The predicted octanol–water partition coefficient (Wildman–Crippen LogP) is 3.92. The lowest BCUT2D eigenvalue weighted by molar-refractivity contribution is 0.159. The van der Waals surface area contributed by atoms with Crippen molar-refractivity contribution >= 4 is 0 Å². The number of benzene rings is 1. The van der Waals surface area contributed by atoms with Gasteiger partial charge in [-0.15, -0.1) is 0 Å². The molecule has 0 radical (unpaired) electrons. The standard InChI is InChI=1S/C16H24FNO/c1-10(2)12-7-14(8-12)18-11(3)15-9-13(17)5-6-16(15)19-4/h5-6,9-12,14,18H,7-8H2,1-4H3. The lowest BCUT2D eigenvalue weighted by atomic mass is 9.73. The van der Waals surface area contributed by atoms with Crippen molar-refractivity contribution in [3.05, 3.63) is 29.6 Å². The summed E-state index contributed by atoms with van der Waals surface area (Å²) in [5.41, 5.74) is 0.899. The summed E-state index contributed by atoms with van der Waals surface area (Å²) in [5, 5.41) is 3.57. The molecule has 1 N–H and O–H groups in total. The van der Waals surface area contributed by atoms with Gasteiger partial charge in [0.25, 0.3) is 0 Å². The fourth-order valence-electron chi connectivity index (χ4n) is 2.83. The highest BCUT2D eigenvalue weighted by Crippen LogP contribution is 2.35. The quantitative estimate of drug-likeness (QED) is 0.871. The van der Waals surface area contributed by atoms with E-state index in [0.717, 1.165) is 23.1 Å². The molecule has 0 aliphatic heterocycles. The highest BCUT2D eigenvalue weighted by atomic mass is 19.1. The Kier molecular flexibility index (Phi) is 4.46. The van der Waals surface area contributed by atoms with Gasteiger partial charge in [0.1, 0.15) is 11.6 Å². The van der Waals surface area contributed by atoms with Crippen molar-refractivity contribution in [2.24, 2.45) is 11.8 Å². The first kappa shape index (κ1) is 14.3. The maximum Gasteiger partial charge on any atom is 0.123 e. The first-order valence-corrected chi connectivity index (χ1v) is 7.10. The predicted molar refractivity (Wildman–Crippen MR) is 75.9 cm³/mol. The Labute approximate surface area is 115 Å². The summed E-state index contributed by atoms with van der Waals surface area (Å²) in [6.45, 7) is 6.62. The average molecular weight is 265 g/mol. The van der Waals surface area contributed by atoms with Crippen LogP contribution in [0.25, 0.3) is 0 Å². The van der Waals surface area contributed by atoms with Gasteiger partial charge < -0.3 is 10.1 Å². The summed E-state index contributed by atoms with van der Waals surface area (Å²) in [7, 11) is 1.63. The second-order valence-electron chi connectivity index (χ2n) is 5.95. The second-order valence-corrected chi connectivity index (χ2v) is 5.95.